The first-order valence-electron chi connectivity index (χ1n) is 10.9. The second kappa shape index (κ2) is 8.54. The molecule has 6 nitrogen and oxygen atoms in total. The maximum Gasteiger partial charge on any atom is 0.289 e. The van der Waals surface area contributed by atoms with Crippen molar-refractivity contribution < 1.29 is 18.7 Å². The van der Waals surface area contributed by atoms with Crippen molar-refractivity contribution in [2.24, 2.45) is 0 Å². The number of carbonyl (C=O) groups excluding carboxylic acids is 2. The molecule has 30 heavy (non-hydrogen) atoms. The summed E-state index contributed by atoms with van der Waals surface area (Å²) in [6.45, 7) is 6.75. The Morgan fingerprint density at radius 2 is 1.83 bits per heavy atom. The Kier molecular flexibility index (Phi) is 5.84. The lowest BCUT2D eigenvalue weighted by Crippen LogP contribution is -2.52. The van der Waals surface area contributed by atoms with Gasteiger partial charge in [-0.05, 0) is 44.0 Å². The van der Waals surface area contributed by atoms with Gasteiger partial charge in [0.1, 0.15) is 11.4 Å². The van der Waals surface area contributed by atoms with Gasteiger partial charge in [-0.3, -0.25) is 9.59 Å². The van der Waals surface area contributed by atoms with Crippen LogP contribution in [-0.4, -0.2) is 53.4 Å². The minimum absolute atomic E-state index is 0.0701. The number of piperidine rings is 1. The summed E-state index contributed by atoms with van der Waals surface area (Å²) in [6.07, 6.45) is 4.34. The average Bonchev–Trinajstić information content (AvgIpc) is 3.30. The first-order valence-corrected chi connectivity index (χ1v) is 10.9. The summed E-state index contributed by atoms with van der Waals surface area (Å²) in [5.74, 6) is 1.52. The van der Waals surface area contributed by atoms with Gasteiger partial charge < -0.3 is 19.0 Å². The topological polar surface area (TPSA) is 63.0 Å². The van der Waals surface area contributed by atoms with Crippen LogP contribution in [0.3, 0.4) is 0 Å². The van der Waals surface area contributed by atoms with E-state index in [0.717, 1.165) is 43.7 Å². The Balaban J connectivity index is 1.50. The van der Waals surface area contributed by atoms with E-state index in [9.17, 15) is 9.59 Å². The third kappa shape index (κ3) is 3.95. The lowest BCUT2D eigenvalue weighted by atomic mass is 9.76. The SMILES string of the molecule is CCN(CC)C(=O)CC1CC2(CCN(C(=O)c3ccco3)CC2)Oc2ccccc21. The lowest BCUT2D eigenvalue weighted by Gasteiger charge is -2.47. The summed E-state index contributed by atoms with van der Waals surface area (Å²) in [7, 11) is 0. The van der Waals surface area contributed by atoms with Crippen LogP contribution in [0.4, 0.5) is 0 Å². The van der Waals surface area contributed by atoms with Gasteiger partial charge in [0.2, 0.25) is 5.91 Å². The number of amides is 2. The number of furan rings is 1. The van der Waals surface area contributed by atoms with Crippen LogP contribution >= 0.6 is 0 Å². The fourth-order valence-electron chi connectivity index (χ4n) is 4.82. The van der Waals surface area contributed by atoms with E-state index in [1.807, 2.05) is 41.8 Å². The number of ether oxygens (including phenoxy) is 1. The van der Waals surface area contributed by atoms with E-state index in [2.05, 4.69) is 6.07 Å². The van der Waals surface area contributed by atoms with Crippen molar-refractivity contribution in [1.82, 2.24) is 9.80 Å². The molecule has 0 saturated carbocycles. The number of hydrogen-bond acceptors (Lipinski definition) is 4. The summed E-state index contributed by atoms with van der Waals surface area (Å²) in [4.78, 5) is 29.2. The molecule has 1 spiro atoms. The molecule has 1 aromatic heterocycles. The Morgan fingerprint density at radius 3 is 2.50 bits per heavy atom. The summed E-state index contributed by atoms with van der Waals surface area (Å²) in [6, 6.07) is 11.5. The molecule has 0 bridgehead atoms. The van der Waals surface area contributed by atoms with Crippen molar-refractivity contribution in [1.29, 1.82) is 0 Å². The standard InChI is InChI=1S/C24H30N2O4/c1-3-25(4-2)22(27)16-18-17-24(30-20-9-6-5-8-19(18)20)11-13-26(14-12-24)23(28)21-10-7-15-29-21/h5-10,15,18H,3-4,11-14,16-17H2,1-2H3. The summed E-state index contributed by atoms with van der Waals surface area (Å²) in [5.41, 5.74) is 0.792. The Bertz CT molecular complexity index is 880. The highest BCUT2D eigenvalue weighted by Gasteiger charge is 2.44. The van der Waals surface area contributed by atoms with Gasteiger partial charge in [0.05, 0.1) is 6.26 Å². The van der Waals surface area contributed by atoms with Crippen LogP contribution in [0, 0.1) is 0 Å². The van der Waals surface area contributed by atoms with Gasteiger partial charge in [0.15, 0.2) is 5.76 Å². The minimum Gasteiger partial charge on any atom is -0.487 e. The van der Waals surface area contributed by atoms with Crippen molar-refractivity contribution in [2.75, 3.05) is 26.2 Å². The second-order valence-corrected chi connectivity index (χ2v) is 8.26. The predicted molar refractivity (Wildman–Crippen MR) is 114 cm³/mol. The second-order valence-electron chi connectivity index (χ2n) is 8.26. The van der Waals surface area contributed by atoms with E-state index in [4.69, 9.17) is 9.15 Å². The Morgan fingerprint density at radius 1 is 1.10 bits per heavy atom. The smallest absolute Gasteiger partial charge is 0.289 e. The van der Waals surface area contributed by atoms with Gasteiger partial charge in [-0.25, -0.2) is 0 Å². The van der Waals surface area contributed by atoms with Crippen LogP contribution < -0.4 is 4.74 Å². The van der Waals surface area contributed by atoms with E-state index in [1.165, 1.54) is 6.26 Å². The molecule has 2 amide bonds. The molecule has 1 aromatic carbocycles. The zero-order valence-corrected chi connectivity index (χ0v) is 17.8. The van der Waals surface area contributed by atoms with Gasteiger partial charge >= 0.3 is 0 Å². The summed E-state index contributed by atoms with van der Waals surface area (Å²) >= 11 is 0. The Labute approximate surface area is 177 Å². The fourth-order valence-corrected chi connectivity index (χ4v) is 4.82. The number of fused-ring (bicyclic) bond motifs is 1. The molecule has 3 heterocycles. The lowest BCUT2D eigenvalue weighted by molar-refractivity contribution is -0.131. The van der Waals surface area contributed by atoms with E-state index in [1.54, 1.807) is 12.1 Å². The van der Waals surface area contributed by atoms with E-state index in [0.29, 0.717) is 25.3 Å². The number of likely N-dealkylation sites (tertiary alicyclic amines) is 1. The highest BCUT2D eigenvalue weighted by Crippen LogP contribution is 2.46. The molecule has 2 aliphatic rings. The quantitative estimate of drug-likeness (QED) is 0.745. The van der Waals surface area contributed by atoms with Gasteiger partial charge in [-0.2, -0.15) is 0 Å². The molecular weight excluding hydrogens is 380 g/mol. The molecule has 4 rings (SSSR count). The van der Waals surface area contributed by atoms with Crippen LogP contribution in [0.2, 0.25) is 0 Å². The first-order chi connectivity index (χ1) is 14.5. The zero-order chi connectivity index (χ0) is 21.1. The van der Waals surface area contributed by atoms with Crippen molar-refractivity contribution in [3.63, 3.8) is 0 Å². The molecule has 1 fully saturated rings. The largest absolute Gasteiger partial charge is 0.487 e. The van der Waals surface area contributed by atoms with Gasteiger partial charge in [0.25, 0.3) is 5.91 Å². The highest BCUT2D eigenvalue weighted by atomic mass is 16.5. The van der Waals surface area contributed by atoms with Crippen molar-refractivity contribution in [3.8, 4) is 5.75 Å². The Hall–Kier alpha value is -2.76. The summed E-state index contributed by atoms with van der Waals surface area (Å²) in [5, 5.41) is 0. The van der Waals surface area contributed by atoms with Crippen LogP contribution in [0.25, 0.3) is 0 Å². The molecule has 1 unspecified atom stereocenters. The molecule has 6 heteroatoms. The molecule has 160 valence electrons. The van der Waals surface area contributed by atoms with Gasteiger partial charge in [-0.15, -0.1) is 0 Å². The first kappa shape index (κ1) is 20.5. The van der Waals surface area contributed by atoms with E-state index >= 15 is 0 Å². The zero-order valence-electron chi connectivity index (χ0n) is 17.8. The molecule has 2 aliphatic heterocycles. The fraction of sp³-hybridized carbons (Fsp3) is 0.500. The number of carbonyl (C=O) groups is 2. The number of nitrogens with zero attached hydrogens (tertiary/aromatic N) is 2. The van der Waals surface area contributed by atoms with Crippen LogP contribution in [0.5, 0.6) is 5.75 Å². The molecule has 0 N–H and O–H groups in total. The normalized spacial score (nSPS) is 19.8. The molecule has 2 aromatic rings. The van der Waals surface area contributed by atoms with Crippen LogP contribution in [-0.2, 0) is 4.79 Å². The van der Waals surface area contributed by atoms with Crippen molar-refractivity contribution in [2.45, 2.75) is 51.0 Å². The molecule has 1 atom stereocenters. The van der Waals surface area contributed by atoms with Crippen LogP contribution in [0.1, 0.15) is 61.6 Å². The number of benzene rings is 1. The highest BCUT2D eigenvalue weighted by molar-refractivity contribution is 5.91. The molecular formula is C24H30N2O4. The number of para-hydroxylation sites is 1. The average molecular weight is 411 g/mol. The van der Waals surface area contributed by atoms with Gasteiger partial charge in [0, 0.05) is 51.4 Å². The van der Waals surface area contributed by atoms with E-state index < -0.39 is 0 Å². The van der Waals surface area contributed by atoms with Crippen molar-refractivity contribution >= 4 is 11.8 Å². The van der Waals surface area contributed by atoms with Crippen LogP contribution in [0.15, 0.2) is 47.1 Å². The molecule has 0 aliphatic carbocycles. The summed E-state index contributed by atoms with van der Waals surface area (Å²) < 4.78 is 11.8. The third-order valence-electron chi connectivity index (χ3n) is 6.53. The maximum atomic E-state index is 12.8. The number of rotatable bonds is 5. The minimum atomic E-state index is -0.331. The molecule has 0 radical (unpaired) electrons. The van der Waals surface area contributed by atoms with E-state index in [-0.39, 0.29) is 23.3 Å². The van der Waals surface area contributed by atoms with Gasteiger partial charge in [-0.1, -0.05) is 18.2 Å². The van der Waals surface area contributed by atoms with Crippen molar-refractivity contribution in [3.05, 3.63) is 54.0 Å². The predicted octanol–water partition coefficient (Wildman–Crippen LogP) is 4.08. The maximum absolute atomic E-state index is 12.8. The molecule has 1 saturated heterocycles. The monoisotopic (exact) mass is 410 g/mol. The third-order valence-corrected chi connectivity index (χ3v) is 6.53. The number of hydrogen-bond donors (Lipinski definition) is 0.